The Morgan fingerprint density at radius 3 is 2.39 bits per heavy atom. The van der Waals surface area contributed by atoms with Crippen molar-refractivity contribution in [2.75, 3.05) is 0 Å². The van der Waals surface area contributed by atoms with Gasteiger partial charge in [0.2, 0.25) is 0 Å². The molecular weight excluding hydrogens is 282 g/mol. The number of hydrogen-bond donors (Lipinski definition) is 2. The maximum absolute atomic E-state index is 10.4. The van der Waals surface area contributed by atoms with E-state index in [-0.39, 0.29) is 5.54 Å². The quantitative estimate of drug-likeness (QED) is 0.766. The number of benzene rings is 2. The smallest absolute Gasteiger partial charge is 0.125 e. The van der Waals surface area contributed by atoms with Crippen LogP contribution in [0.4, 0.5) is 0 Å². The molecule has 0 radical (unpaired) electrons. The lowest BCUT2D eigenvalue weighted by Gasteiger charge is -2.21. The fourth-order valence-electron chi connectivity index (χ4n) is 2.50. The SMILES string of the molecule is CC(=Cc1ccccc1)c1cc(CNC(C)(C)C)cc(C)c1O. The molecule has 2 aromatic rings. The third kappa shape index (κ3) is 4.97. The lowest BCUT2D eigenvalue weighted by atomic mass is 9.97. The largest absolute Gasteiger partial charge is 0.507 e. The van der Waals surface area contributed by atoms with Gasteiger partial charge in [-0.3, -0.25) is 0 Å². The van der Waals surface area contributed by atoms with Gasteiger partial charge in [0, 0.05) is 17.6 Å². The molecule has 0 amide bonds. The lowest BCUT2D eigenvalue weighted by Crippen LogP contribution is -2.35. The number of aryl methyl sites for hydroxylation is 1. The van der Waals surface area contributed by atoms with Gasteiger partial charge < -0.3 is 10.4 Å². The van der Waals surface area contributed by atoms with Crippen LogP contribution in [0.15, 0.2) is 42.5 Å². The third-order valence-corrected chi connectivity index (χ3v) is 3.79. The second-order valence-electron chi connectivity index (χ2n) is 7.15. The molecule has 0 unspecified atom stereocenters. The van der Waals surface area contributed by atoms with Crippen LogP contribution in [0.3, 0.4) is 0 Å². The van der Waals surface area contributed by atoms with Crippen molar-refractivity contribution in [3.05, 3.63) is 64.7 Å². The summed E-state index contributed by atoms with van der Waals surface area (Å²) < 4.78 is 0. The summed E-state index contributed by atoms with van der Waals surface area (Å²) in [6.45, 7) is 11.2. The van der Waals surface area contributed by atoms with Gasteiger partial charge in [0.25, 0.3) is 0 Å². The van der Waals surface area contributed by atoms with Crippen LogP contribution in [0.5, 0.6) is 5.75 Å². The Morgan fingerprint density at radius 1 is 1.13 bits per heavy atom. The molecule has 0 atom stereocenters. The molecule has 2 aromatic carbocycles. The topological polar surface area (TPSA) is 32.3 Å². The molecule has 23 heavy (non-hydrogen) atoms. The summed E-state index contributed by atoms with van der Waals surface area (Å²) in [4.78, 5) is 0. The number of hydrogen-bond acceptors (Lipinski definition) is 2. The van der Waals surface area contributed by atoms with E-state index in [9.17, 15) is 5.11 Å². The molecule has 0 saturated heterocycles. The minimum Gasteiger partial charge on any atom is -0.507 e. The Kier molecular flexibility index (Phi) is 5.27. The second-order valence-corrected chi connectivity index (χ2v) is 7.15. The maximum Gasteiger partial charge on any atom is 0.125 e. The first-order chi connectivity index (χ1) is 10.8. The Bertz CT molecular complexity index is 694. The van der Waals surface area contributed by atoms with Crippen molar-refractivity contribution < 1.29 is 5.11 Å². The molecule has 0 bridgehead atoms. The molecule has 0 saturated carbocycles. The minimum absolute atomic E-state index is 0.0703. The van der Waals surface area contributed by atoms with Gasteiger partial charge in [0.15, 0.2) is 0 Å². The molecule has 0 aliphatic carbocycles. The van der Waals surface area contributed by atoms with Gasteiger partial charge >= 0.3 is 0 Å². The van der Waals surface area contributed by atoms with Crippen molar-refractivity contribution in [3.63, 3.8) is 0 Å². The molecule has 0 spiro atoms. The maximum atomic E-state index is 10.4. The second kappa shape index (κ2) is 7.01. The number of rotatable bonds is 4. The predicted molar refractivity (Wildman–Crippen MR) is 99.4 cm³/mol. The van der Waals surface area contributed by atoms with E-state index < -0.39 is 0 Å². The van der Waals surface area contributed by atoms with Crippen LogP contribution in [0, 0.1) is 6.92 Å². The number of nitrogens with one attached hydrogen (secondary N) is 1. The van der Waals surface area contributed by atoms with Crippen LogP contribution in [-0.2, 0) is 6.54 Å². The molecular formula is C21H27NO. The van der Waals surface area contributed by atoms with Crippen LogP contribution in [0.25, 0.3) is 11.6 Å². The van der Waals surface area contributed by atoms with Crippen molar-refractivity contribution in [3.8, 4) is 5.75 Å². The van der Waals surface area contributed by atoms with Crippen LogP contribution in [-0.4, -0.2) is 10.6 Å². The van der Waals surface area contributed by atoms with Gasteiger partial charge in [-0.05, 0) is 62.9 Å². The van der Waals surface area contributed by atoms with Gasteiger partial charge in [0.1, 0.15) is 5.75 Å². The Labute approximate surface area is 139 Å². The molecule has 0 aromatic heterocycles. The van der Waals surface area contributed by atoms with Gasteiger partial charge in [-0.2, -0.15) is 0 Å². The molecule has 2 rings (SSSR count). The fourth-order valence-corrected chi connectivity index (χ4v) is 2.50. The number of phenolic OH excluding ortho intramolecular Hbond substituents is 1. The van der Waals surface area contributed by atoms with Crippen molar-refractivity contribution in [2.45, 2.75) is 46.7 Å². The number of allylic oxidation sites excluding steroid dienone is 1. The summed E-state index contributed by atoms with van der Waals surface area (Å²) >= 11 is 0. The summed E-state index contributed by atoms with van der Waals surface area (Å²) in [6, 6.07) is 14.3. The van der Waals surface area contributed by atoms with Gasteiger partial charge in [-0.25, -0.2) is 0 Å². The molecule has 122 valence electrons. The first-order valence-corrected chi connectivity index (χ1v) is 8.07. The lowest BCUT2D eigenvalue weighted by molar-refractivity contribution is 0.423. The third-order valence-electron chi connectivity index (χ3n) is 3.79. The number of aromatic hydroxyl groups is 1. The van der Waals surface area contributed by atoms with Gasteiger partial charge in [-0.1, -0.05) is 42.5 Å². The number of phenols is 1. The van der Waals surface area contributed by atoms with E-state index in [1.165, 1.54) is 5.56 Å². The van der Waals surface area contributed by atoms with Crippen LogP contribution in [0.2, 0.25) is 0 Å². The Morgan fingerprint density at radius 2 is 1.78 bits per heavy atom. The minimum atomic E-state index is 0.0703. The monoisotopic (exact) mass is 309 g/mol. The summed E-state index contributed by atoms with van der Waals surface area (Å²) in [7, 11) is 0. The highest BCUT2D eigenvalue weighted by Crippen LogP contribution is 2.31. The van der Waals surface area contributed by atoms with Crippen LogP contribution >= 0.6 is 0 Å². The average Bonchev–Trinajstić information content (AvgIpc) is 2.48. The molecule has 2 N–H and O–H groups in total. The first kappa shape index (κ1) is 17.3. The molecule has 0 aliphatic heterocycles. The van der Waals surface area contributed by atoms with E-state index in [0.29, 0.717) is 5.75 Å². The summed E-state index contributed by atoms with van der Waals surface area (Å²) in [6.07, 6.45) is 2.11. The van der Waals surface area contributed by atoms with E-state index >= 15 is 0 Å². The van der Waals surface area contributed by atoms with Crippen molar-refractivity contribution >= 4 is 11.6 Å². The van der Waals surface area contributed by atoms with E-state index in [2.05, 4.69) is 50.4 Å². The van der Waals surface area contributed by atoms with E-state index in [1.54, 1.807) is 0 Å². The predicted octanol–water partition coefficient (Wildman–Crippen LogP) is 5.15. The summed E-state index contributed by atoms with van der Waals surface area (Å²) in [5.41, 5.74) is 5.27. The van der Waals surface area contributed by atoms with E-state index in [0.717, 1.165) is 28.8 Å². The molecule has 0 aliphatic rings. The van der Waals surface area contributed by atoms with Crippen LogP contribution in [0.1, 0.15) is 49.9 Å². The zero-order chi connectivity index (χ0) is 17.0. The molecule has 2 nitrogen and oxygen atoms in total. The zero-order valence-electron chi connectivity index (χ0n) is 14.8. The van der Waals surface area contributed by atoms with Gasteiger partial charge in [-0.15, -0.1) is 0 Å². The summed E-state index contributed by atoms with van der Waals surface area (Å²) in [5, 5.41) is 13.9. The molecule has 0 heterocycles. The highest BCUT2D eigenvalue weighted by molar-refractivity contribution is 5.83. The van der Waals surface area contributed by atoms with Gasteiger partial charge in [0.05, 0.1) is 0 Å². The van der Waals surface area contributed by atoms with E-state index in [1.807, 2.05) is 38.1 Å². The summed E-state index contributed by atoms with van der Waals surface area (Å²) in [5.74, 6) is 0.370. The normalized spacial score (nSPS) is 12.5. The highest BCUT2D eigenvalue weighted by atomic mass is 16.3. The highest BCUT2D eigenvalue weighted by Gasteiger charge is 2.12. The van der Waals surface area contributed by atoms with Crippen molar-refractivity contribution in [1.29, 1.82) is 0 Å². The first-order valence-electron chi connectivity index (χ1n) is 8.07. The van der Waals surface area contributed by atoms with Crippen molar-refractivity contribution in [1.82, 2.24) is 5.32 Å². The average molecular weight is 309 g/mol. The fraction of sp³-hybridized carbons (Fsp3) is 0.333. The van der Waals surface area contributed by atoms with E-state index in [4.69, 9.17) is 0 Å². The standard InChI is InChI=1S/C21H27NO/c1-15(11-17-9-7-6-8-10-17)19-13-18(12-16(2)20(19)23)14-22-21(3,4)5/h6-13,22-23H,14H2,1-5H3. The Hall–Kier alpha value is -2.06. The Balaban J connectivity index is 2.34. The molecule has 2 heteroatoms. The van der Waals surface area contributed by atoms with Crippen LogP contribution < -0.4 is 5.32 Å². The zero-order valence-corrected chi connectivity index (χ0v) is 14.8. The molecule has 0 fully saturated rings. The van der Waals surface area contributed by atoms with Crippen molar-refractivity contribution in [2.24, 2.45) is 0 Å².